The third-order valence-corrected chi connectivity index (χ3v) is 7.78. The molecule has 2 aromatic carbocycles. The molecular weight excluding hydrogens is 596 g/mol. The zero-order chi connectivity index (χ0) is 32.2. The minimum absolute atomic E-state index is 0.0233. The van der Waals surface area contributed by atoms with Gasteiger partial charge in [0, 0.05) is 29.3 Å². The smallest absolute Gasteiger partial charge is 0.306 e. The number of ether oxygens (including phenoxy) is 6. The van der Waals surface area contributed by atoms with Crippen LogP contribution in [-0.4, -0.2) is 103 Å². The lowest BCUT2D eigenvalue weighted by molar-refractivity contribution is -0.291. The zero-order valence-electron chi connectivity index (χ0n) is 23.9. The van der Waals surface area contributed by atoms with Crippen LogP contribution in [-0.2, 0) is 14.2 Å². The minimum atomic E-state index is -1.77. The van der Waals surface area contributed by atoms with E-state index >= 15 is 0 Å². The maximum absolute atomic E-state index is 10.9. The molecule has 1 saturated heterocycles. The first-order valence-corrected chi connectivity index (χ1v) is 13.7. The second-order valence-electron chi connectivity index (χ2n) is 10.5. The van der Waals surface area contributed by atoms with E-state index < -0.39 is 49.2 Å². The summed E-state index contributed by atoms with van der Waals surface area (Å²) in [5.74, 6) is -0.701. The number of hydrogen-bond acceptors (Lipinski definition) is 13. The van der Waals surface area contributed by atoms with Crippen molar-refractivity contribution in [2.45, 2.75) is 36.8 Å². The monoisotopic (exact) mass is 627 g/mol. The molecule has 0 saturated carbocycles. The van der Waals surface area contributed by atoms with Gasteiger partial charge >= 0.3 is 5.76 Å². The van der Waals surface area contributed by atoms with Crippen LogP contribution in [0.4, 0.5) is 0 Å². The topological polar surface area (TPSA) is 221 Å². The van der Waals surface area contributed by atoms with Crippen molar-refractivity contribution >= 4 is 11.5 Å². The maximum Gasteiger partial charge on any atom is 0.306 e. The quantitative estimate of drug-likeness (QED) is 0.158. The Hall–Kier alpha value is -4.86. The average molecular weight is 628 g/mol. The van der Waals surface area contributed by atoms with Crippen LogP contribution in [0, 0.1) is 0 Å². The van der Waals surface area contributed by atoms with E-state index in [2.05, 4.69) is 0 Å². The molecule has 0 aromatic heterocycles. The molecule has 6 rings (SSSR count). The Morgan fingerprint density at radius 2 is 1.53 bits per heavy atom. The van der Waals surface area contributed by atoms with Gasteiger partial charge in [0.2, 0.25) is 23.9 Å². The highest BCUT2D eigenvalue weighted by atomic mass is 16.7. The lowest BCUT2D eigenvalue weighted by atomic mass is 9.88. The summed E-state index contributed by atoms with van der Waals surface area (Å²) in [4.78, 5) is 0. The number of benzene rings is 2. The van der Waals surface area contributed by atoms with E-state index in [9.17, 15) is 40.9 Å². The summed E-state index contributed by atoms with van der Waals surface area (Å²) in [6, 6.07) is 6.96. The Morgan fingerprint density at radius 1 is 0.822 bits per heavy atom. The van der Waals surface area contributed by atoms with E-state index in [-0.39, 0.29) is 51.8 Å². The molecule has 14 nitrogen and oxygen atoms in total. The third kappa shape index (κ3) is 5.18. The van der Waals surface area contributed by atoms with Gasteiger partial charge < -0.3 is 69.3 Å². The van der Waals surface area contributed by atoms with Gasteiger partial charge in [0.15, 0.2) is 23.0 Å². The summed E-state index contributed by atoms with van der Waals surface area (Å²) in [6.07, 6.45) is -4.48. The fourth-order valence-corrected chi connectivity index (χ4v) is 5.45. The molecule has 6 atom stereocenters. The van der Waals surface area contributed by atoms with Crippen molar-refractivity contribution in [1.82, 2.24) is 0 Å². The van der Waals surface area contributed by atoms with Gasteiger partial charge in [-0.25, -0.2) is 0 Å². The first-order valence-electron chi connectivity index (χ1n) is 13.7. The lowest BCUT2D eigenvalue weighted by Gasteiger charge is -2.41. The number of aliphatic hydroxyl groups excluding tert-OH is 5. The Labute approximate surface area is 255 Å². The summed E-state index contributed by atoms with van der Waals surface area (Å²) < 4.78 is 33.5. The van der Waals surface area contributed by atoms with Crippen molar-refractivity contribution in [2.75, 3.05) is 20.8 Å². The number of phenolic OH excluding ortho intramolecular Hbond substituents is 3. The molecule has 4 aliphatic rings. The average Bonchev–Trinajstić information content (AvgIpc) is 3.03. The van der Waals surface area contributed by atoms with E-state index in [0.717, 1.165) is 0 Å². The highest BCUT2D eigenvalue weighted by molar-refractivity contribution is 5.80. The SMILES string of the molecule is COc1cc(C2=C(OC3OC(CO)C(O)C(O)C3O)C3=C4C(=CC(O)=CC4[OH+]2)OC(c2ccc(O)c(O)c2)=C3)cc(OC)c1O. The number of aromatic hydroxyl groups is 3. The largest absolute Gasteiger partial charge is 0.571 e. The summed E-state index contributed by atoms with van der Waals surface area (Å²) in [5.41, 5.74) is 1.42. The fraction of sp³-hybridized carbons (Fsp3) is 0.290. The van der Waals surface area contributed by atoms with Gasteiger partial charge in [-0.3, -0.25) is 0 Å². The predicted octanol–water partition coefficient (Wildman–Crippen LogP) is 0.923. The van der Waals surface area contributed by atoms with Crippen molar-refractivity contribution in [3.8, 4) is 28.7 Å². The van der Waals surface area contributed by atoms with Crippen molar-refractivity contribution in [2.24, 2.45) is 0 Å². The van der Waals surface area contributed by atoms with E-state index in [1.807, 2.05) is 0 Å². The number of rotatable bonds is 7. The van der Waals surface area contributed by atoms with E-state index in [4.69, 9.17) is 28.4 Å². The summed E-state index contributed by atoms with van der Waals surface area (Å²) >= 11 is 0. The molecule has 9 N–H and O–H groups in total. The second-order valence-corrected chi connectivity index (χ2v) is 10.5. The Morgan fingerprint density at radius 3 is 2.18 bits per heavy atom. The molecule has 0 bridgehead atoms. The van der Waals surface area contributed by atoms with Crippen molar-refractivity contribution in [3.63, 3.8) is 0 Å². The molecule has 0 amide bonds. The zero-order valence-corrected chi connectivity index (χ0v) is 23.9. The fourth-order valence-electron chi connectivity index (χ4n) is 5.45. The van der Waals surface area contributed by atoms with Crippen LogP contribution in [0.1, 0.15) is 11.1 Å². The van der Waals surface area contributed by atoms with Crippen LogP contribution in [0.2, 0.25) is 0 Å². The molecule has 45 heavy (non-hydrogen) atoms. The van der Waals surface area contributed by atoms with Crippen molar-refractivity contribution in [3.05, 3.63) is 88.1 Å². The van der Waals surface area contributed by atoms with Crippen LogP contribution >= 0.6 is 0 Å². The highest BCUT2D eigenvalue weighted by Crippen LogP contribution is 2.48. The van der Waals surface area contributed by atoms with E-state index in [1.54, 1.807) is 6.08 Å². The number of methoxy groups -OCH3 is 2. The molecule has 0 radical (unpaired) electrons. The van der Waals surface area contributed by atoms with Gasteiger partial charge in [0.25, 0.3) is 0 Å². The molecule has 6 unspecified atom stereocenters. The Balaban J connectivity index is 1.58. The number of allylic oxidation sites excluding steroid dienone is 2. The molecule has 2 aromatic rings. The van der Waals surface area contributed by atoms with Gasteiger partial charge in [-0.05, 0) is 24.3 Å². The molecule has 3 heterocycles. The van der Waals surface area contributed by atoms with Gasteiger partial charge in [0.1, 0.15) is 47.3 Å². The highest BCUT2D eigenvalue weighted by Gasteiger charge is 2.48. The first kappa shape index (κ1) is 30.2. The molecule has 0 spiro atoms. The molecular formula is C31H31O14+. The van der Waals surface area contributed by atoms with Crippen LogP contribution < -0.4 is 9.47 Å². The predicted molar refractivity (Wildman–Crippen MR) is 154 cm³/mol. The molecule has 14 heteroatoms. The van der Waals surface area contributed by atoms with Gasteiger partial charge in [-0.1, -0.05) is 0 Å². The lowest BCUT2D eigenvalue weighted by Crippen LogP contribution is -2.59. The van der Waals surface area contributed by atoms with Gasteiger partial charge in [-0.15, -0.1) is 0 Å². The summed E-state index contributed by atoms with van der Waals surface area (Å²) in [5, 5.41) is 82.6. The molecule has 1 fully saturated rings. The van der Waals surface area contributed by atoms with Crippen LogP contribution in [0.15, 0.2) is 77.0 Å². The van der Waals surface area contributed by atoms with Crippen molar-refractivity contribution in [1.29, 1.82) is 0 Å². The number of phenols is 3. The van der Waals surface area contributed by atoms with E-state index in [0.29, 0.717) is 22.3 Å². The van der Waals surface area contributed by atoms with Gasteiger partial charge in [-0.2, -0.15) is 0 Å². The molecule has 1 aliphatic carbocycles. The molecule has 3 aliphatic heterocycles. The van der Waals surface area contributed by atoms with Gasteiger partial charge in [0.05, 0.1) is 32.5 Å². The first-order chi connectivity index (χ1) is 21.5. The third-order valence-electron chi connectivity index (χ3n) is 7.78. The van der Waals surface area contributed by atoms with E-state index in [1.165, 1.54) is 56.7 Å². The Bertz CT molecular complexity index is 1660. The van der Waals surface area contributed by atoms with Crippen molar-refractivity contribution < 1.29 is 69.3 Å². The number of aliphatic hydroxyl groups is 7. The maximum atomic E-state index is 10.9. The van der Waals surface area contributed by atoms with Crippen LogP contribution in [0.25, 0.3) is 11.5 Å². The summed E-state index contributed by atoms with van der Waals surface area (Å²) in [6.45, 7) is -0.692. The standard InChI is InChI=1S/C31H30O14/c1-40-21-6-13(7-22(41-2)25(21)36)29-30(45-31-28(39)27(38)26(37)23(11-32)44-31)15-10-18(12-3-4-16(34)17(35)5-12)42-19-8-14(33)9-20(43-29)24(15)19/h3-10,20,23,26-28,31-39H,11H2,1-2H3/p+1. The van der Waals surface area contributed by atoms with Crippen LogP contribution in [0.5, 0.6) is 28.7 Å². The normalized spacial score (nSPS) is 27.4. The summed E-state index contributed by atoms with van der Waals surface area (Å²) in [7, 11) is 2.69. The van der Waals surface area contributed by atoms with Crippen LogP contribution in [0.3, 0.4) is 0 Å². The Kier molecular flexibility index (Phi) is 7.76. The second kappa shape index (κ2) is 11.6. The number of hydrogen-bond donors (Lipinski definition) is 8. The molecule has 238 valence electrons. The minimum Gasteiger partial charge on any atom is -0.571 e.